The quantitative estimate of drug-likeness (QED) is 0.734. The third-order valence-electron chi connectivity index (χ3n) is 4.86. The van der Waals surface area contributed by atoms with Crippen molar-refractivity contribution in [3.63, 3.8) is 0 Å². The molecular weight excluding hydrogens is 376 g/mol. The second-order valence-electron chi connectivity index (χ2n) is 7.08. The van der Waals surface area contributed by atoms with Crippen molar-refractivity contribution in [2.75, 3.05) is 25.5 Å². The Morgan fingerprint density at radius 2 is 1.86 bits per heavy atom. The summed E-state index contributed by atoms with van der Waals surface area (Å²) in [5.41, 5.74) is 0.710. The van der Waals surface area contributed by atoms with Crippen LogP contribution in [-0.4, -0.2) is 43.2 Å². The van der Waals surface area contributed by atoms with Gasteiger partial charge in [0.15, 0.2) is 6.10 Å². The van der Waals surface area contributed by atoms with Gasteiger partial charge < -0.3 is 19.7 Å². The zero-order valence-corrected chi connectivity index (χ0v) is 17.1. The number of hydrogen-bond donors (Lipinski definition) is 1. The van der Waals surface area contributed by atoms with Gasteiger partial charge in [0.25, 0.3) is 5.91 Å². The van der Waals surface area contributed by atoms with Crippen LogP contribution in [0.5, 0.6) is 11.5 Å². The summed E-state index contributed by atoms with van der Waals surface area (Å²) in [4.78, 5) is 14.9. The second kappa shape index (κ2) is 9.80. The predicted molar refractivity (Wildman–Crippen MR) is 112 cm³/mol. The van der Waals surface area contributed by atoms with Crippen molar-refractivity contribution in [1.29, 1.82) is 0 Å². The fourth-order valence-corrected chi connectivity index (χ4v) is 3.33. The highest BCUT2D eigenvalue weighted by Crippen LogP contribution is 2.25. The fraction of sp³-hybridized carbons (Fsp3) is 0.409. The summed E-state index contributed by atoms with van der Waals surface area (Å²) < 4.78 is 11.8. The van der Waals surface area contributed by atoms with E-state index < -0.39 is 6.10 Å². The fourth-order valence-electron chi connectivity index (χ4n) is 3.15. The standard InChI is InChI=1S/C22H27ClN2O3/c1-3-20(28-21-7-5-4-6-19(21)23)22(26)24-16-8-10-17(11-9-16)27-18-12-14-25(2)15-13-18/h4-11,18,20H,3,12-15H2,1-2H3,(H,24,26)/t20-/m1/s1. The number of nitrogens with one attached hydrogen (secondary N) is 1. The number of ether oxygens (including phenoxy) is 2. The minimum atomic E-state index is -0.616. The van der Waals surface area contributed by atoms with Gasteiger partial charge in [0.2, 0.25) is 0 Å². The molecule has 0 aliphatic carbocycles. The molecule has 0 aromatic heterocycles. The Labute approximate surface area is 171 Å². The SMILES string of the molecule is CC[C@@H](Oc1ccccc1Cl)C(=O)Nc1ccc(OC2CCN(C)CC2)cc1. The third-order valence-corrected chi connectivity index (χ3v) is 5.17. The third kappa shape index (κ3) is 5.63. The van der Waals surface area contributed by atoms with Gasteiger partial charge in [0.1, 0.15) is 17.6 Å². The summed E-state index contributed by atoms with van der Waals surface area (Å²) in [6.45, 7) is 4.02. The monoisotopic (exact) mass is 402 g/mol. The van der Waals surface area contributed by atoms with Gasteiger partial charge in [-0.25, -0.2) is 0 Å². The van der Waals surface area contributed by atoms with E-state index in [0.717, 1.165) is 31.7 Å². The van der Waals surface area contributed by atoms with Crippen LogP contribution >= 0.6 is 11.6 Å². The number of amides is 1. The van der Waals surface area contributed by atoms with Gasteiger partial charge in [-0.15, -0.1) is 0 Å². The van der Waals surface area contributed by atoms with Gasteiger partial charge >= 0.3 is 0 Å². The number of rotatable bonds is 7. The van der Waals surface area contributed by atoms with Crippen molar-refractivity contribution < 1.29 is 14.3 Å². The number of piperidine rings is 1. The Morgan fingerprint density at radius 1 is 1.18 bits per heavy atom. The molecule has 0 saturated carbocycles. The number of carbonyl (C=O) groups is 1. The van der Waals surface area contributed by atoms with Gasteiger partial charge in [-0.1, -0.05) is 30.7 Å². The van der Waals surface area contributed by atoms with Crippen LogP contribution in [0.2, 0.25) is 5.02 Å². The van der Waals surface area contributed by atoms with Gasteiger partial charge in [-0.2, -0.15) is 0 Å². The Morgan fingerprint density at radius 3 is 2.50 bits per heavy atom. The van der Waals surface area contributed by atoms with Crippen LogP contribution in [-0.2, 0) is 4.79 Å². The zero-order valence-electron chi connectivity index (χ0n) is 16.4. The summed E-state index contributed by atoms with van der Waals surface area (Å²) in [6.07, 6.45) is 2.24. The van der Waals surface area contributed by atoms with Gasteiger partial charge in [-0.05, 0) is 62.7 Å². The van der Waals surface area contributed by atoms with Crippen molar-refractivity contribution in [1.82, 2.24) is 4.90 Å². The van der Waals surface area contributed by atoms with Crippen LogP contribution in [0.25, 0.3) is 0 Å². The number of hydrogen-bond acceptors (Lipinski definition) is 4. The molecule has 2 aromatic rings. The number of para-hydroxylation sites is 1. The summed E-state index contributed by atoms with van der Waals surface area (Å²) in [6, 6.07) is 14.6. The highest BCUT2D eigenvalue weighted by atomic mass is 35.5. The Kier molecular flexibility index (Phi) is 7.18. The summed E-state index contributed by atoms with van der Waals surface area (Å²) in [7, 11) is 2.13. The molecule has 1 fully saturated rings. The normalized spacial score (nSPS) is 16.4. The van der Waals surface area contributed by atoms with Crippen LogP contribution in [0.1, 0.15) is 26.2 Å². The number of benzene rings is 2. The van der Waals surface area contributed by atoms with Crippen molar-refractivity contribution in [2.24, 2.45) is 0 Å². The molecular formula is C22H27ClN2O3. The maximum absolute atomic E-state index is 12.6. The molecule has 1 aliphatic heterocycles. The summed E-state index contributed by atoms with van der Waals surface area (Å²) >= 11 is 6.12. The van der Waals surface area contributed by atoms with Gasteiger partial charge in [-0.3, -0.25) is 4.79 Å². The molecule has 1 heterocycles. The highest BCUT2D eigenvalue weighted by molar-refractivity contribution is 6.32. The van der Waals surface area contributed by atoms with E-state index in [1.54, 1.807) is 12.1 Å². The predicted octanol–water partition coefficient (Wildman–Crippen LogP) is 4.61. The molecule has 28 heavy (non-hydrogen) atoms. The van der Waals surface area contributed by atoms with E-state index in [9.17, 15) is 4.79 Å². The molecule has 0 radical (unpaired) electrons. The van der Waals surface area contributed by atoms with E-state index in [1.807, 2.05) is 43.3 Å². The Hall–Kier alpha value is -2.24. The first-order valence-electron chi connectivity index (χ1n) is 9.72. The molecule has 2 aromatic carbocycles. The second-order valence-corrected chi connectivity index (χ2v) is 7.49. The van der Waals surface area contributed by atoms with E-state index >= 15 is 0 Å². The summed E-state index contributed by atoms with van der Waals surface area (Å²) in [5.74, 6) is 1.13. The lowest BCUT2D eigenvalue weighted by molar-refractivity contribution is -0.122. The largest absolute Gasteiger partial charge is 0.490 e. The molecule has 1 N–H and O–H groups in total. The first kappa shape index (κ1) is 20.5. The molecule has 150 valence electrons. The van der Waals surface area contributed by atoms with Crippen LogP contribution < -0.4 is 14.8 Å². The lowest BCUT2D eigenvalue weighted by Gasteiger charge is -2.29. The number of carbonyl (C=O) groups excluding carboxylic acids is 1. The molecule has 0 spiro atoms. The smallest absolute Gasteiger partial charge is 0.265 e. The Balaban J connectivity index is 1.55. The van der Waals surface area contributed by atoms with Crippen LogP contribution in [0.3, 0.4) is 0 Å². The zero-order chi connectivity index (χ0) is 19.9. The topological polar surface area (TPSA) is 50.8 Å². The molecule has 0 unspecified atom stereocenters. The van der Waals surface area contributed by atoms with Gasteiger partial charge in [0, 0.05) is 18.8 Å². The maximum Gasteiger partial charge on any atom is 0.265 e. The van der Waals surface area contributed by atoms with E-state index in [1.165, 1.54) is 0 Å². The highest BCUT2D eigenvalue weighted by Gasteiger charge is 2.20. The molecule has 1 amide bonds. The van der Waals surface area contributed by atoms with Crippen molar-refractivity contribution >= 4 is 23.2 Å². The number of anilines is 1. The molecule has 0 bridgehead atoms. The van der Waals surface area contributed by atoms with Crippen molar-refractivity contribution in [2.45, 2.75) is 38.4 Å². The van der Waals surface area contributed by atoms with Crippen LogP contribution in [0.15, 0.2) is 48.5 Å². The van der Waals surface area contributed by atoms with E-state index in [0.29, 0.717) is 22.9 Å². The first-order chi connectivity index (χ1) is 13.5. The van der Waals surface area contributed by atoms with Crippen molar-refractivity contribution in [3.05, 3.63) is 53.6 Å². The van der Waals surface area contributed by atoms with Crippen LogP contribution in [0.4, 0.5) is 5.69 Å². The van der Waals surface area contributed by atoms with E-state index in [-0.39, 0.29) is 12.0 Å². The van der Waals surface area contributed by atoms with E-state index in [2.05, 4.69) is 17.3 Å². The average molecular weight is 403 g/mol. The molecule has 1 atom stereocenters. The van der Waals surface area contributed by atoms with Crippen molar-refractivity contribution in [3.8, 4) is 11.5 Å². The number of likely N-dealkylation sites (tertiary alicyclic amines) is 1. The minimum absolute atomic E-state index is 0.202. The Bertz CT molecular complexity index is 774. The maximum atomic E-state index is 12.6. The summed E-state index contributed by atoms with van der Waals surface area (Å²) in [5, 5.41) is 3.39. The molecule has 1 aliphatic rings. The van der Waals surface area contributed by atoms with Crippen LogP contribution in [0, 0.1) is 0 Å². The number of nitrogens with zero attached hydrogens (tertiary/aromatic N) is 1. The number of halogens is 1. The lowest BCUT2D eigenvalue weighted by Crippen LogP contribution is -2.35. The molecule has 1 saturated heterocycles. The van der Waals surface area contributed by atoms with Gasteiger partial charge in [0.05, 0.1) is 5.02 Å². The molecule has 5 nitrogen and oxygen atoms in total. The first-order valence-corrected chi connectivity index (χ1v) is 10.1. The average Bonchev–Trinajstić information content (AvgIpc) is 2.70. The molecule has 6 heteroatoms. The minimum Gasteiger partial charge on any atom is -0.490 e. The lowest BCUT2D eigenvalue weighted by atomic mass is 10.1. The molecule has 3 rings (SSSR count). The van der Waals surface area contributed by atoms with E-state index in [4.69, 9.17) is 21.1 Å².